The van der Waals surface area contributed by atoms with Gasteiger partial charge >= 0.3 is 6.03 Å². The second-order valence-electron chi connectivity index (χ2n) is 6.82. The normalized spacial score (nSPS) is 17.9. The zero-order valence-electron chi connectivity index (χ0n) is 15.2. The first kappa shape index (κ1) is 19.2. The lowest BCUT2D eigenvalue weighted by Gasteiger charge is -2.21. The molecule has 3 rings (SSSR count). The Hall–Kier alpha value is -2.58. The van der Waals surface area contributed by atoms with Gasteiger partial charge in [0.25, 0.3) is 5.91 Å². The number of nitrogens with one attached hydrogen (secondary N) is 2. The Morgan fingerprint density at radius 1 is 1.26 bits per heavy atom. The number of phenolic OH excluding ortho intramolecular Hbond substituents is 1. The number of nitrogens with two attached hydrogens (primary N) is 1. The van der Waals surface area contributed by atoms with Crippen molar-refractivity contribution in [1.82, 2.24) is 10.2 Å². The van der Waals surface area contributed by atoms with Crippen LogP contribution in [0, 0.1) is 0 Å². The number of benzene rings is 1. The Labute approximate surface area is 162 Å². The Morgan fingerprint density at radius 2 is 2.00 bits per heavy atom. The molecule has 1 aromatic carbocycles. The Morgan fingerprint density at radius 3 is 2.70 bits per heavy atom. The molecule has 0 unspecified atom stereocenters. The molecular weight excluding hydrogens is 364 g/mol. The standard InChI is InChI=1S/C19H24N4O3S/c1-23-9-3-2-4-13(11-23)21-17(25)15-10-16(27-18(15)22-19(20)26)12-5-7-14(24)8-6-12/h5-8,10,13,24H,2-4,9,11H2,1H3,(H,21,25)(H3,20,22,26)/t13-/m0/s1. The van der Waals surface area contributed by atoms with Gasteiger partial charge in [0.15, 0.2) is 0 Å². The minimum atomic E-state index is -0.711. The van der Waals surface area contributed by atoms with Crippen LogP contribution in [0.25, 0.3) is 10.4 Å². The lowest BCUT2D eigenvalue weighted by Crippen LogP contribution is -2.41. The Bertz CT molecular complexity index is 819. The molecule has 0 saturated carbocycles. The molecule has 0 bridgehead atoms. The molecule has 1 aliphatic rings. The maximum Gasteiger partial charge on any atom is 0.317 e. The minimum absolute atomic E-state index is 0.0726. The predicted molar refractivity (Wildman–Crippen MR) is 107 cm³/mol. The quantitative estimate of drug-likeness (QED) is 0.646. The predicted octanol–water partition coefficient (Wildman–Crippen LogP) is 2.83. The molecule has 1 aliphatic heterocycles. The number of thiophene rings is 1. The van der Waals surface area contributed by atoms with Crippen LogP contribution >= 0.6 is 11.3 Å². The van der Waals surface area contributed by atoms with E-state index in [1.165, 1.54) is 11.3 Å². The number of phenols is 1. The fourth-order valence-corrected chi connectivity index (χ4v) is 4.31. The van der Waals surface area contributed by atoms with Gasteiger partial charge in [-0.2, -0.15) is 0 Å². The lowest BCUT2D eigenvalue weighted by atomic mass is 10.1. The topological polar surface area (TPSA) is 108 Å². The number of rotatable bonds is 4. The van der Waals surface area contributed by atoms with Crippen molar-refractivity contribution in [2.45, 2.75) is 25.3 Å². The van der Waals surface area contributed by atoms with Crippen LogP contribution in [0.2, 0.25) is 0 Å². The number of likely N-dealkylation sites (N-methyl/N-ethyl adjacent to an activating group) is 1. The van der Waals surface area contributed by atoms with Gasteiger partial charge in [-0.1, -0.05) is 6.42 Å². The second kappa shape index (κ2) is 8.41. The molecule has 2 heterocycles. The summed E-state index contributed by atoms with van der Waals surface area (Å²) >= 11 is 1.28. The first-order valence-corrected chi connectivity index (χ1v) is 9.73. The molecule has 1 fully saturated rings. The molecule has 27 heavy (non-hydrogen) atoms. The monoisotopic (exact) mass is 388 g/mol. The van der Waals surface area contributed by atoms with Crippen LogP contribution in [0.3, 0.4) is 0 Å². The molecule has 8 heteroatoms. The van der Waals surface area contributed by atoms with Crippen LogP contribution in [0.5, 0.6) is 5.75 Å². The van der Waals surface area contributed by atoms with Gasteiger partial charge in [-0.25, -0.2) is 4.79 Å². The molecule has 7 nitrogen and oxygen atoms in total. The van der Waals surface area contributed by atoms with E-state index in [0.717, 1.165) is 42.8 Å². The summed E-state index contributed by atoms with van der Waals surface area (Å²) in [6.07, 6.45) is 3.13. The molecule has 0 radical (unpaired) electrons. The van der Waals surface area contributed by atoms with E-state index in [-0.39, 0.29) is 17.7 Å². The number of likely N-dealkylation sites (tertiary alicyclic amines) is 1. The third kappa shape index (κ3) is 4.99. The number of urea groups is 1. The number of carbonyl (C=O) groups is 2. The highest BCUT2D eigenvalue weighted by Crippen LogP contribution is 2.36. The number of carbonyl (C=O) groups excluding carboxylic acids is 2. The number of primary amides is 1. The Kier molecular flexibility index (Phi) is 5.98. The van der Waals surface area contributed by atoms with Crippen LogP contribution in [0.1, 0.15) is 29.6 Å². The SMILES string of the molecule is CN1CCCC[C@H](NC(=O)c2cc(-c3ccc(O)cc3)sc2NC(N)=O)C1. The van der Waals surface area contributed by atoms with Gasteiger partial charge < -0.3 is 21.1 Å². The van der Waals surface area contributed by atoms with Crippen LogP contribution in [0.15, 0.2) is 30.3 Å². The number of aromatic hydroxyl groups is 1. The first-order valence-electron chi connectivity index (χ1n) is 8.91. The number of nitrogens with zero attached hydrogens (tertiary/aromatic N) is 1. The van der Waals surface area contributed by atoms with E-state index in [2.05, 4.69) is 22.6 Å². The zero-order chi connectivity index (χ0) is 19.4. The summed E-state index contributed by atoms with van der Waals surface area (Å²) in [5, 5.41) is 15.5. The highest BCUT2D eigenvalue weighted by molar-refractivity contribution is 7.20. The van der Waals surface area contributed by atoms with E-state index < -0.39 is 6.03 Å². The summed E-state index contributed by atoms with van der Waals surface area (Å²) in [6, 6.07) is 7.79. The molecule has 1 atom stereocenters. The van der Waals surface area contributed by atoms with Crippen molar-refractivity contribution >= 4 is 28.3 Å². The lowest BCUT2D eigenvalue weighted by molar-refractivity contribution is 0.0930. The van der Waals surface area contributed by atoms with Crippen molar-refractivity contribution in [1.29, 1.82) is 0 Å². The molecule has 1 aromatic heterocycles. The maximum atomic E-state index is 12.9. The molecule has 3 amide bonds. The molecule has 5 N–H and O–H groups in total. The van der Waals surface area contributed by atoms with Crippen LogP contribution in [-0.2, 0) is 0 Å². The maximum absolute atomic E-state index is 12.9. The van der Waals surface area contributed by atoms with E-state index >= 15 is 0 Å². The summed E-state index contributed by atoms with van der Waals surface area (Å²) in [5.74, 6) is -0.0541. The first-order chi connectivity index (χ1) is 12.9. The van der Waals surface area contributed by atoms with Gasteiger partial charge in [-0.05, 0) is 62.3 Å². The van der Waals surface area contributed by atoms with Crippen molar-refractivity contribution in [3.8, 4) is 16.2 Å². The molecule has 2 aromatic rings. The van der Waals surface area contributed by atoms with Gasteiger partial charge in [0.05, 0.1) is 5.56 Å². The molecule has 0 aliphatic carbocycles. The summed E-state index contributed by atoms with van der Waals surface area (Å²) in [5.41, 5.74) is 6.51. The largest absolute Gasteiger partial charge is 0.508 e. The third-order valence-electron chi connectivity index (χ3n) is 4.57. The molecule has 1 saturated heterocycles. The second-order valence-corrected chi connectivity index (χ2v) is 7.87. The van der Waals surface area contributed by atoms with Gasteiger partial charge in [-0.3, -0.25) is 10.1 Å². The fraction of sp³-hybridized carbons (Fsp3) is 0.368. The number of hydrogen-bond acceptors (Lipinski definition) is 5. The molecular formula is C19H24N4O3S. The van der Waals surface area contributed by atoms with Gasteiger partial charge in [0, 0.05) is 17.5 Å². The average Bonchev–Trinajstić information content (AvgIpc) is 2.91. The molecule has 144 valence electrons. The van der Waals surface area contributed by atoms with Crippen LogP contribution in [0.4, 0.5) is 9.80 Å². The summed E-state index contributed by atoms with van der Waals surface area (Å²) < 4.78 is 0. The minimum Gasteiger partial charge on any atom is -0.508 e. The van der Waals surface area contributed by atoms with Gasteiger partial charge in [-0.15, -0.1) is 11.3 Å². The number of hydrogen-bond donors (Lipinski definition) is 4. The smallest absolute Gasteiger partial charge is 0.317 e. The summed E-state index contributed by atoms with van der Waals surface area (Å²) in [4.78, 5) is 27.3. The highest BCUT2D eigenvalue weighted by atomic mass is 32.1. The van der Waals surface area contributed by atoms with Crippen molar-refractivity contribution in [3.05, 3.63) is 35.9 Å². The van der Waals surface area contributed by atoms with Gasteiger partial charge in [0.1, 0.15) is 10.8 Å². The fourth-order valence-electron chi connectivity index (χ4n) is 3.24. The summed E-state index contributed by atoms with van der Waals surface area (Å²) in [6.45, 7) is 1.84. The third-order valence-corrected chi connectivity index (χ3v) is 5.67. The van der Waals surface area contributed by atoms with Crippen LogP contribution in [-0.4, -0.2) is 48.1 Å². The summed E-state index contributed by atoms with van der Waals surface area (Å²) in [7, 11) is 2.05. The van der Waals surface area contributed by atoms with E-state index in [9.17, 15) is 14.7 Å². The van der Waals surface area contributed by atoms with E-state index in [0.29, 0.717) is 10.6 Å². The van der Waals surface area contributed by atoms with E-state index in [1.54, 1.807) is 30.3 Å². The number of amides is 3. The van der Waals surface area contributed by atoms with Crippen molar-refractivity contribution in [3.63, 3.8) is 0 Å². The Balaban J connectivity index is 1.84. The van der Waals surface area contributed by atoms with Crippen molar-refractivity contribution < 1.29 is 14.7 Å². The van der Waals surface area contributed by atoms with Crippen molar-refractivity contribution in [2.24, 2.45) is 5.73 Å². The van der Waals surface area contributed by atoms with Crippen molar-refractivity contribution in [2.75, 3.05) is 25.5 Å². The zero-order valence-corrected chi connectivity index (χ0v) is 16.0. The average molecular weight is 388 g/mol. The van der Waals surface area contributed by atoms with Gasteiger partial charge in [0.2, 0.25) is 0 Å². The van der Waals surface area contributed by atoms with E-state index in [4.69, 9.17) is 5.73 Å². The molecule has 0 spiro atoms. The number of anilines is 1. The highest BCUT2D eigenvalue weighted by Gasteiger charge is 2.22. The van der Waals surface area contributed by atoms with E-state index in [1.807, 2.05) is 0 Å². The van der Waals surface area contributed by atoms with Crippen LogP contribution < -0.4 is 16.4 Å².